The van der Waals surface area contributed by atoms with Crippen LogP contribution < -0.4 is 10.9 Å². The summed E-state index contributed by atoms with van der Waals surface area (Å²) in [4.78, 5) is 31.9. The number of nitrogens with one attached hydrogen (secondary N) is 2. The predicted octanol–water partition coefficient (Wildman–Crippen LogP) is 2.70. The maximum absolute atomic E-state index is 12.2. The number of urea groups is 1. The average molecular weight is 312 g/mol. The SMILES string of the molecule is CN(Cc1cccc(=O)[nH]1)C(=O)Nc1ccc(C2CCC2)cn1. The Hall–Kier alpha value is -2.63. The molecule has 1 saturated carbocycles. The van der Waals surface area contributed by atoms with E-state index in [1.54, 1.807) is 19.2 Å². The van der Waals surface area contributed by atoms with Gasteiger partial charge in [0.2, 0.25) is 5.56 Å². The molecule has 0 aromatic carbocycles. The fourth-order valence-corrected chi connectivity index (χ4v) is 2.58. The summed E-state index contributed by atoms with van der Waals surface area (Å²) in [6.07, 6.45) is 5.58. The molecule has 0 atom stereocenters. The van der Waals surface area contributed by atoms with Crippen LogP contribution in [-0.2, 0) is 6.54 Å². The van der Waals surface area contributed by atoms with Gasteiger partial charge in [-0.2, -0.15) is 0 Å². The molecule has 6 heteroatoms. The normalized spacial score (nSPS) is 14.1. The molecular formula is C17H20N4O2. The largest absolute Gasteiger partial charge is 0.324 e. The lowest BCUT2D eigenvalue weighted by Gasteiger charge is -2.25. The number of aromatic nitrogens is 2. The number of anilines is 1. The molecule has 0 radical (unpaired) electrons. The van der Waals surface area contributed by atoms with Crippen LogP contribution in [0.1, 0.15) is 36.4 Å². The maximum Gasteiger partial charge on any atom is 0.323 e. The quantitative estimate of drug-likeness (QED) is 0.911. The average Bonchev–Trinajstić information content (AvgIpc) is 2.47. The number of pyridine rings is 2. The summed E-state index contributed by atoms with van der Waals surface area (Å²) in [6, 6.07) is 8.48. The summed E-state index contributed by atoms with van der Waals surface area (Å²) in [7, 11) is 1.67. The monoisotopic (exact) mass is 312 g/mol. The highest BCUT2D eigenvalue weighted by Crippen LogP contribution is 2.35. The van der Waals surface area contributed by atoms with Gasteiger partial charge in [0.25, 0.3) is 0 Å². The Morgan fingerprint density at radius 2 is 2.17 bits per heavy atom. The zero-order valence-electron chi connectivity index (χ0n) is 13.1. The van der Waals surface area contributed by atoms with Crippen LogP contribution in [0.15, 0.2) is 41.3 Å². The van der Waals surface area contributed by atoms with Crippen molar-refractivity contribution in [2.75, 3.05) is 12.4 Å². The molecule has 0 spiro atoms. The van der Waals surface area contributed by atoms with E-state index in [0.717, 1.165) is 0 Å². The Kier molecular flexibility index (Phi) is 4.41. The minimum atomic E-state index is -0.265. The van der Waals surface area contributed by atoms with Gasteiger partial charge in [-0.25, -0.2) is 9.78 Å². The molecule has 2 aromatic rings. The number of nitrogens with zero attached hydrogens (tertiary/aromatic N) is 2. The van der Waals surface area contributed by atoms with Crippen LogP contribution in [0.3, 0.4) is 0 Å². The Morgan fingerprint density at radius 1 is 1.35 bits per heavy atom. The van der Waals surface area contributed by atoms with Gasteiger partial charge in [-0.1, -0.05) is 18.6 Å². The summed E-state index contributed by atoms with van der Waals surface area (Å²) in [5.41, 5.74) is 1.75. The van der Waals surface area contributed by atoms with E-state index in [2.05, 4.69) is 15.3 Å². The number of rotatable bonds is 4. The minimum Gasteiger partial charge on any atom is -0.324 e. The maximum atomic E-state index is 12.2. The van der Waals surface area contributed by atoms with Crippen LogP contribution >= 0.6 is 0 Å². The van der Waals surface area contributed by atoms with Crippen molar-refractivity contribution in [1.82, 2.24) is 14.9 Å². The van der Waals surface area contributed by atoms with E-state index in [1.165, 1.54) is 35.8 Å². The first kappa shape index (κ1) is 15.3. The van der Waals surface area contributed by atoms with Gasteiger partial charge in [0.05, 0.1) is 6.54 Å². The minimum absolute atomic E-state index is 0.176. The number of aromatic amines is 1. The van der Waals surface area contributed by atoms with E-state index in [-0.39, 0.29) is 11.6 Å². The lowest BCUT2D eigenvalue weighted by atomic mass is 9.81. The molecule has 2 amide bonds. The molecule has 6 nitrogen and oxygen atoms in total. The van der Waals surface area contributed by atoms with Crippen molar-refractivity contribution in [2.45, 2.75) is 31.7 Å². The van der Waals surface area contributed by atoms with E-state index in [9.17, 15) is 9.59 Å². The zero-order chi connectivity index (χ0) is 16.2. The molecule has 0 unspecified atom stereocenters. The second-order valence-corrected chi connectivity index (χ2v) is 5.93. The van der Waals surface area contributed by atoms with Gasteiger partial charge >= 0.3 is 6.03 Å². The third-order valence-corrected chi connectivity index (χ3v) is 4.18. The van der Waals surface area contributed by atoms with Gasteiger partial charge < -0.3 is 9.88 Å². The molecule has 2 N–H and O–H groups in total. The van der Waals surface area contributed by atoms with Gasteiger partial charge in [-0.15, -0.1) is 0 Å². The van der Waals surface area contributed by atoms with Crippen molar-refractivity contribution >= 4 is 11.8 Å². The highest BCUT2D eigenvalue weighted by molar-refractivity contribution is 5.88. The van der Waals surface area contributed by atoms with E-state index >= 15 is 0 Å². The molecule has 3 rings (SSSR count). The van der Waals surface area contributed by atoms with E-state index in [0.29, 0.717) is 24.0 Å². The lowest BCUT2D eigenvalue weighted by molar-refractivity contribution is 0.220. The van der Waals surface area contributed by atoms with Crippen LogP contribution in [0.4, 0.5) is 10.6 Å². The Balaban J connectivity index is 1.58. The van der Waals surface area contributed by atoms with Crippen molar-refractivity contribution in [3.05, 3.63) is 58.1 Å². The standard InChI is InChI=1S/C17H20N4O2/c1-21(11-14-6-3-7-16(22)19-14)17(23)20-15-9-8-13(10-18-15)12-4-2-5-12/h3,6-10,12H,2,4-5,11H2,1H3,(H,19,22)(H,18,20,23). The Morgan fingerprint density at radius 3 is 2.78 bits per heavy atom. The molecule has 0 bridgehead atoms. The highest BCUT2D eigenvalue weighted by Gasteiger charge is 2.19. The molecule has 1 aliphatic carbocycles. The molecule has 1 aliphatic rings. The van der Waals surface area contributed by atoms with Crippen molar-refractivity contribution in [1.29, 1.82) is 0 Å². The van der Waals surface area contributed by atoms with Crippen LogP contribution in [0.5, 0.6) is 0 Å². The molecule has 2 aromatic heterocycles. The first-order chi connectivity index (χ1) is 11.1. The van der Waals surface area contributed by atoms with Crippen molar-refractivity contribution in [3.63, 3.8) is 0 Å². The molecule has 0 saturated heterocycles. The lowest BCUT2D eigenvalue weighted by Crippen LogP contribution is -2.32. The van der Waals surface area contributed by atoms with E-state index < -0.39 is 0 Å². The summed E-state index contributed by atoms with van der Waals surface area (Å²) in [5, 5.41) is 2.76. The smallest absolute Gasteiger partial charge is 0.323 e. The first-order valence-corrected chi connectivity index (χ1v) is 7.78. The van der Waals surface area contributed by atoms with Crippen molar-refractivity contribution in [2.24, 2.45) is 0 Å². The first-order valence-electron chi connectivity index (χ1n) is 7.78. The fraction of sp³-hybridized carbons (Fsp3) is 0.353. The molecule has 0 aliphatic heterocycles. The second-order valence-electron chi connectivity index (χ2n) is 5.93. The van der Waals surface area contributed by atoms with Gasteiger partial charge in [0.15, 0.2) is 0 Å². The third-order valence-electron chi connectivity index (χ3n) is 4.18. The van der Waals surface area contributed by atoms with Gasteiger partial charge in [0, 0.05) is 25.0 Å². The predicted molar refractivity (Wildman–Crippen MR) is 88.4 cm³/mol. The number of hydrogen-bond acceptors (Lipinski definition) is 3. The van der Waals surface area contributed by atoms with Gasteiger partial charge in [-0.05, 0) is 36.5 Å². The van der Waals surface area contributed by atoms with E-state index in [4.69, 9.17) is 0 Å². The van der Waals surface area contributed by atoms with Crippen molar-refractivity contribution < 1.29 is 4.79 Å². The number of carbonyl (C=O) groups excluding carboxylic acids is 1. The summed E-state index contributed by atoms with van der Waals surface area (Å²) >= 11 is 0. The number of amides is 2. The summed E-state index contributed by atoms with van der Waals surface area (Å²) in [6.45, 7) is 0.321. The van der Waals surface area contributed by atoms with E-state index in [1.807, 2.05) is 18.3 Å². The summed E-state index contributed by atoms with van der Waals surface area (Å²) < 4.78 is 0. The topological polar surface area (TPSA) is 78.1 Å². The fourth-order valence-electron chi connectivity index (χ4n) is 2.58. The third kappa shape index (κ3) is 3.77. The Bertz CT molecular complexity index is 735. The molecule has 2 heterocycles. The van der Waals surface area contributed by atoms with Gasteiger partial charge in [0.1, 0.15) is 5.82 Å². The number of hydrogen-bond donors (Lipinski definition) is 2. The second kappa shape index (κ2) is 6.64. The van der Waals surface area contributed by atoms with Crippen LogP contribution in [0, 0.1) is 0 Å². The molecule has 120 valence electrons. The zero-order valence-corrected chi connectivity index (χ0v) is 13.1. The van der Waals surface area contributed by atoms with Crippen molar-refractivity contribution in [3.8, 4) is 0 Å². The highest BCUT2D eigenvalue weighted by atomic mass is 16.2. The number of H-pyrrole nitrogens is 1. The molecule has 23 heavy (non-hydrogen) atoms. The van der Waals surface area contributed by atoms with Crippen LogP contribution in [0.2, 0.25) is 0 Å². The Labute approximate surface area is 134 Å². The van der Waals surface area contributed by atoms with Gasteiger partial charge in [-0.3, -0.25) is 10.1 Å². The summed E-state index contributed by atoms with van der Waals surface area (Å²) in [5.74, 6) is 1.16. The number of carbonyl (C=O) groups is 1. The van der Waals surface area contributed by atoms with Crippen LogP contribution in [0.25, 0.3) is 0 Å². The molecule has 1 fully saturated rings. The molecular weight excluding hydrogens is 292 g/mol. The van der Waals surface area contributed by atoms with Crippen LogP contribution in [-0.4, -0.2) is 27.9 Å².